The number of hydrogen-bond donors (Lipinski definition) is 3. The second kappa shape index (κ2) is 13.4. The molecule has 1 fully saturated rings. The molecule has 0 radical (unpaired) electrons. The summed E-state index contributed by atoms with van der Waals surface area (Å²) in [5.74, 6) is 0. The van der Waals surface area contributed by atoms with E-state index in [0.29, 0.717) is 0 Å². The highest BCUT2D eigenvalue weighted by molar-refractivity contribution is 6.09. The van der Waals surface area contributed by atoms with Crippen LogP contribution in [-0.4, -0.2) is 74.9 Å². The van der Waals surface area contributed by atoms with Gasteiger partial charge < -0.3 is 20.1 Å². The predicted molar refractivity (Wildman–Crippen MR) is 78.2 cm³/mol. The Hall–Kier alpha value is -2.02. The van der Waals surface area contributed by atoms with Crippen LogP contribution in [0.5, 0.6) is 0 Å². The minimum atomic E-state index is -1.44. The molecule has 1 heterocycles. The first kappa shape index (κ1) is 24.2. The summed E-state index contributed by atoms with van der Waals surface area (Å²) in [6.45, 7) is 3.01. The molecule has 1 rings (SSSR count). The number of carbonyl (C=O) groups is 2. The molecular formula is C12H22N2O10. The van der Waals surface area contributed by atoms with E-state index in [1.54, 1.807) is 6.92 Å². The first-order valence-corrected chi connectivity index (χ1v) is 6.90. The van der Waals surface area contributed by atoms with Gasteiger partial charge in [0, 0.05) is 22.7 Å². The van der Waals surface area contributed by atoms with Crippen LogP contribution in [0.1, 0.15) is 26.7 Å². The first-order chi connectivity index (χ1) is 11.1. The molecule has 0 spiro atoms. The average molecular weight is 354 g/mol. The Balaban J connectivity index is 0. The summed E-state index contributed by atoms with van der Waals surface area (Å²) in [4.78, 5) is 36.5. The van der Waals surface area contributed by atoms with Crippen molar-refractivity contribution in [2.24, 2.45) is 0 Å². The van der Waals surface area contributed by atoms with E-state index in [-0.39, 0.29) is 32.0 Å². The van der Waals surface area contributed by atoms with Crippen molar-refractivity contribution < 1.29 is 39.5 Å². The number of ether oxygens (including phenoxy) is 1. The molecule has 140 valence electrons. The van der Waals surface area contributed by atoms with Gasteiger partial charge in [-0.2, -0.15) is 0 Å². The van der Waals surface area contributed by atoms with Crippen LogP contribution in [0.2, 0.25) is 0 Å². The van der Waals surface area contributed by atoms with Gasteiger partial charge in [0.25, 0.3) is 0 Å². The SMILES string of the molecule is CC1CC([N+](=O)[O-])C(O)[C@@H](O)O1.C[C@@H](O)CC[N+](=O)[O-].O=CC=O. The lowest BCUT2D eigenvalue weighted by Crippen LogP contribution is -2.50. The third-order valence-electron chi connectivity index (χ3n) is 2.69. The Kier molecular flexibility index (Phi) is 13.6. The quantitative estimate of drug-likeness (QED) is 0.227. The van der Waals surface area contributed by atoms with E-state index in [1.807, 2.05) is 0 Å². The molecule has 0 saturated carbocycles. The second-order valence-electron chi connectivity index (χ2n) is 4.88. The first-order valence-electron chi connectivity index (χ1n) is 6.90. The molecule has 0 aliphatic carbocycles. The fourth-order valence-corrected chi connectivity index (χ4v) is 1.55. The second-order valence-corrected chi connectivity index (χ2v) is 4.88. The smallest absolute Gasteiger partial charge is 0.246 e. The van der Waals surface area contributed by atoms with Crippen LogP contribution in [0.25, 0.3) is 0 Å². The highest BCUT2D eigenvalue weighted by atomic mass is 16.6. The van der Waals surface area contributed by atoms with Crippen molar-refractivity contribution in [1.29, 1.82) is 0 Å². The number of nitro groups is 2. The molecule has 0 aromatic carbocycles. The monoisotopic (exact) mass is 354 g/mol. The maximum Gasteiger partial charge on any atom is 0.246 e. The van der Waals surface area contributed by atoms with Gasteiger partial charge in [-0.05, 0) is 13.8 Å². The van der Waals surface area contributed by atoms with Gasteiger partial charge in [-0.1, -0.05) is 0 Å². The van der Waals surface area contributed by atoms with Crippen molar-refractivity contribution in [2.45, 2.75) is 57.3 Å². The largest absolute Gasteiger partial charge is 0.393 e. The normalized spacial score (nSPS) is 26.5. The summed E-state index contributed by atoms with van der Waals surface area (Å²) >= 11 is 0. The third-order valence-corrected chi connectivity index (χ3v) is 2.69. The standard InChI is InChI=1S/C6H11NO5.C4H9NO3.C2H2O2/c1-3-2-4(7(10)11)5(8)6(9)12-3;1-4(6)2-3-5(7)8;3-1-2-4/h3-6,8-9H,2H2,1H3;4,6H,2-3H2,1H3;1-2H/t3?,4?,5?,6-;4-;/m01./s1. The van der Waals surface area contributed by atoms with Gasteiger partial charge in [0.1, 0.15) is 0 Å². The van der Waals surface area contributed by atoms with Crippen LogP contribution in [0.3, 0.4) is 0 Å². The molecule has 0 aromatic heterocycles. The van der Waals surface area contributed by atoms with E-state index in [1.165, 1.54) is 6.92 Å². The van der Waals surface area contributed by atoms with Gasteiger partial charge in [-0.15, -0.1) is 0 Å². The number of aldehydes is 2. The lowest BCUT2D eigenvalue weighted by Gasteiger charge is -2.30. The van der Waals surface area contributed by atoms with Crippen LogP contribution >= 0.6 is 0 Å². The summed E-state index contributed by atoms with van der Waals surface area (Å²) in [6.07, 6.45) is -3.04. The summed E-state index contributed by atoms with van der Waals surface area (Å²) < 4.78 is 4.78. The van der Waals surface area contributed by atoms with Crippen LogP contribution in [0, 0.1) is 20.2 Å². The Morgan fingerprint density at radius 3 is 2.04 bits per heavy atom. The molecule has 0 bridgehead atoms. The minimum absolute atomic E-state index is 0.130. The molecule has 0 amide bonds. The fourth-order valence-electron chi connectivity index (χ4n) is 1.55. The zero-order valence-electron chi connectivity index (χ0n) is 13.3. The van der Waals surface area contributed by atoms with Crippen LogP contribution < -0.4 is 0 Å². The predicted octanol–water partition coefficient (Wildman–Crippen LogP) is -1.46. The molecular weight excluding hydrogens is 332 g/mol. The number of aliphatic hydroxyl groups is 3. The zero-order valence-corrected chi connectivity index (χ0v) is 13.3. The van der Waals surface area contributed by atoms with Crippen LogP contribution in [0.15, 0.2) is 0 Å². The maximum absolute atomic E-state index is 10.3. The molecule has 1 aliphatic heterocycles. The van der Waals surface area contributed by atoms with Gasteiger partial charge in [-0.25, -0.2) is 0 Å². The minimum Gasteiger partial charge on any atom is -0.393 e. The zero-order chi connectivity index (χ0) is 19.3. The fraction of sp³-hybridized carbons (Fsp3) is 0.833. The Morgan fingerprint density at radius 2 is 1.75 bits per heavy atom. The van der Waals surface area contributed by atoms with Crippen molar-refractivity contribution in [3.05, 3.63) is 20.2 Å². The van der Waals surface area contributed by atoms with Crippen molar-refractivity contribution in [1.82, 2.24) is 0 Å². The Labute approximate surface area is 137 Å². The summed E-state index contributed by atoms with van der Waals surface area (Å²) in [5.41, 5.74) is 0. The summed E-state index contributed by atoms with van der Waals surface area (Å²) in [6, 6.07) is -1.12. The Morgan fingerprint density at radius 1 is 1.25 bits per heavy atom. The topological polar surface area (TPSA) is 190 Å². The van der Waals surface area contributed by atoms with E-state index < -0.39 is 40.5 Å². The van der Waals surface area contributed by atoms with Crippen molar-refractivity contribution in [3.8, 4) is 0 Å². The number of nitrogens with zero attached hydrogens (tertiary/aromatic N) is 2. The summed E-state index contributed by atoms with van der Waals surface area (Å²) in [5, 5.41) is 46.5. The molecule has 24 heavy (non-hydrogen) atoms. The third kappa shape index (κ3) is 12.5. The Bertz CT molecular complexity index is 397. The maximum atomic E-state index is 10.3. The van der Waals surface area contributed by atoms with Crippen LogP contribution in [0.4, 0.5) is 0 Å². The molecule has 1 saturated heterocycles. The van der Waals surface area contributed by atoms with E-state index in [9.17, 15) is 20.2 Å². The molecule has 5 atom stereocenters. The summed E-state index contributed by atoms with van der Waals surface area (Å²) in [7, 11) is 0. The molecule has 3 N–H and O–H groups in total. The molecule has 3 unspecified atom stereocenters. The van der Waals surface area contributed by atoms with Gasteiger partial charge in [-0.3, -0.25) is 29.8 Å². The van der Waals surface area contributed by atoms with Crippen molar-refractivity contribution >= 4 is 12.6 Å². The average Bonchev–Trinajstić information content (AvgIpc) is 2.49. The van der Waals surface area contributed by atoms with Gasteiger partial charge >= 0.3 is 0 Å². The van der Waals surface area contributed by atoms with E-state index in [4.69, 9.17) is 29.6 Å². The van der Waals surface area contributed by atoms with Crippen molar-refractivity contribution in [2.75, 3.05) is 6.54 Å². The van der Waals surface area contributed by atoms with Crippen LogP contribution in [-0.2, 0) is 14.3 Å². The molecule has 12 nitrogen and oxygen atoms in total. The van der Waals surface area contributed by atoms with E-state index >= 15 is 0 Å². The van der Waals surface area contributed by atoms with Gasteiger partial charge in [0.15, 0.2) is 25.0 Å². The number of aliphatic hydroxyl groups excluding tert-OH is 3. The number of hydrogen-bond acceptors (Lipinski definition) is 10. The van der Waals surface area contributed by atoms with E-state index in [0.717, 1.165) is 0 Å². The molecule has 12 heteroatoms. The highest BCUT2D eigenvalue weighted by Crippen LogP contribution is 2.20. The highest BCUT2D eigenvalue weighted by Gasteiger charge is 2.42. The lowest BCUT2D eigenvalue weighted by molar-refractivity contribution is -0.550. The molecule has 1 aliphatic rings. The molecule has 0 aromatic rings. The van der Waals surface area contributed by atoms with Gasteiger partial charge in [0.2, 0.25) is 12.6 Å². The van der Waals surface area contributed by atoms with E-state index in [2.05, 4.69) is 0 Å². The van der Waals surface area contributed by atoms with Crippen molar-refractivity contribution in [3.63, 3.8) is 0 Å². The lowest BCUT2D eigenvalue weighted by atomic mass is 10.0. The van der Waals surface area contributed by atoms with Gasteiger partial charge in [0.05, 0.1) is 12.2 Å². The number of carbonyl (C=O) groups excluding carboxylic acids is 2. The number of rotatable bonds is 5.